The third-order valence-electron chi connectivity index (χ3n) is 3.71. The SMILES string of the molecule is CC1(CNCC(O)c2ccccc2F)CCC1. The van der Waals surface area contributed by atoms with E-state index in [9.17, 15) is 9.50 Å². The van der Waals surface area contributed by atoms with Gasteiger partial charge in [-0.15, -0.1) is 0 Å². The molecule has 1 aliphatic rings. The minimum atomic E-state index is -0.764. The monoisotopic (exact) mass is 237 g/mol. The molecule has 0 aromatic heterocycles. The molecule has 0 radical (unpaired) electrons. The van der Waals surface area contributed by atoms with Crippen molar-refractivity contribution in [2.75, 3.05) is 13.1 Å². The Morgan fingerprint density at radius 2 is 2.12 bits per heavy atom. The van der Waals surface area contributed by atoms with Gasteiger partial charge in [0.15, 0.2) is 0 Å². The van der Waals surface area contributed by atoms with Crippen LogP contribution in [0.5, 0.6) is 0 Å². The Morgan fingerprint density at radius 3 is 2.71 bits per heavy atom. The zero-order valence-electron chi connectivity index (χ0n) is 10.2. The van der Waals surface area contributed by atoms with E-state index in [0.717, 1.165) is 6.54 Å². The van der Waals surface area contributed by atoms with Gasteiger partial charge in [0, 0.05) is 18.7 Å². The zero-order valence-corrected chi connectivity index (χ0v) is 10.2. The first-order valence-electron chi connectivity index (χ1n) is 6.24. The molecule has 1 aromatic carbocycles. The summed E-state index contributed by atoms with van der Waals surface area (Å²) in [4.78, 5) is 0. The highest BCUT2D eigenvalue weighted by atomic mass is 19.1. The Kier molecular flexibility index (Phi) is 3.79. The summed E-state index contributed by atoms with van der Waals surface area (Å²) in [6.45, 7) is 3.56. The van der Waals surface area contributed by atoms with Gasteiger partial charge in [-0.25, -0.2) is 4.39 Å². The maximum absolute atomic E-state index is 13.4. The number of aliphatic hydroxyl groups is 1. The van der Waals surface area contributed by atoms with E-state index in [1.54, 1.807) is 18.2 Å². The second-order valence-corrected chi connectivity index (χ2v) is 5.33. The second kappa shape index (κ2) is 5.15. The van der Waals surface area contributed by atoms with Crippen molar-refractivity contribution >= 4 is 0 Å². The molecule has 0 saturated heterocycles. The van der Waals surface area contributed by atoms with Gasteiger partial charge in [0.1, 0.15) is 5.82 Å². The molecule has 1 unspecified atom stereocenters. The number of rotatable bonds is 5. The molecular formula is C14H20FNO. The first-order valence-corrected chi connectivity index (χ1v) is 6.24. The molecule has 1 atom stereocenters. The molecule has 0 amide bonds. The number of halogens is 1. The second-order valence-electron chi connectivity index (χ2n) is 5.33. The Labute approximate surface area is 102 Å². The van der Waals surface area contributed by atoms with E-state index < -0.39 is 6.10 Å². The Bertz CT molecular complexity index is 376. The average molecular weight is 237 g/mol. The van der Waals surface area contributed by atoms with E-state index in [1.807, 2.05) is 0 Å². The van der Waals surface area contributed by atoms with Crippen molar-refractivity contribution in [1.29, 1.82) is 0 Å². The topological polar surface area (TPSA) is 32.3 Å². The van der Waals surface area contributed by atoms with E-state index in [-0.39, 0.29) is 5.82 Å². The van der Waals surface area contributed by atoms with Crippen LogP contribution in [-0.4, -0.2) is 18.2 Å². The quantitative estimate of drug-likeness (QED) is 0.825. The van der Waals surface area contributed by atoms with Crippen molar-refractivity contribution in [3.8, 4) is 0 Å². The lowest BCUT2D eigenvalue weighted by Crippen LogP contribution is -2.38. The van der Waals surface area contributed by atoms with Gasteiger partial charge in [-0.3, -0.25) is 0 Å². The highest BCUT2D eigenvalue weighted by molar-refractivity contribution is 5.19. The smallest absolute Gasteiger partial charge is 0.129 e. The first-order chi connectivity index (χ1) is 8.11. The van der Waals surface area contributed by atoms with Crippen molar-refractivity contribution in [2.45, 2.75) is 32.3 Å². The molecule has 0 aliphatic heterocycles. The van der Waals surface area contributed by atoms with Crippen LogP contribution in [0.4, 0.5) is 4.39 Å². The summed E-state index contributed by atoms with van der Waals surface area (Å²) in [7, 11) is 0. The maximum atomic E-state index is 13.4. The lowest BCUT2D eigenvalue weighted by molar-refractivity contribution is 0.131. The van der Waals surface area contributed by atoms with Crippen molar-refractivity contribution in [2.24, 2.45) is 5.41 Å². The largest absolute Gasteiger partial charge is 0.387 e. The van der Waals surface area contributed by atoms with E-state index in [0.29, 0.717) is 17.5 Å². The maximum Gasteiger partial charge on any atom is 0.129 e. The minimum Gasteiger partial charge on any atom is -0.387 e. The summed E-state index contributed by atoms with van der Waals surface area (Å²) in [5.74, 6) is -0.336. The molecular weight excluding hydrogens is 217 g/mol. The van der Waals surface area contributed by atoms with Gasteiger partial charge in [0.25, 0.3) is 0 Å². The van der Waals surface area contributed by atoms with E-state index >= 15 is 0 Å². The van der Waals surface area contributed by atoms with E-state index in [4.69, 9.17) is 0 Å². The standard InChI is InChI=1S/C14H20FNO/c1-14(7-4-8-14)10-16-9-13(17)11-5-2-3-6-12(11)15/h2-3,5-6,13,16-17H,4,7-10H2,1H3. The van der Waals surface area contributed by atoms with Crippen LogP contribution in [-0.2, 0) is 0 Å². The Balaban J connectivity index is 1.81. The van der Waals surface area contributed by atoms with Crippen LogP contribution in [0, 0.1) is 11.2 Å². The van der Waals surface area contributed by atoms with Crippen LogP contribution in [0.25, 0.3) is 0 Å². The molecule has 1 aliphatic carbocycles. The Hall–Kier alpha value is -0.930. The number of benzene rings is 1. The van der Waals surface area contributed by atoms with Crippen molar-refractivity contribution in [1.82, 2.24) is 5.32 Å². The van der Waals surface area contributed by atoms with Crippen LogP contribution in [0.1, 0.15) is 37.9 Å². The highest BCUT2D eigenvalue weighted by Gasteiger charge is 2.31. The summed E-state index contributed by atoms with van der Waals surface area (Å²) in [5.41, 5.74) is 0.758. The molecule has 2 N–H and O–H groups in total. The molecule has 0 bridgehead atoms. The molecule has 3 heteroatoms. The predicted octanol–water partition coefficient (Wildman–Crippen LogP) is 2.64. The fourth-order valence-corrected chi connectivity index (χ4v) is 2.32. The molecule has 1 fully saturated rings. The number of nitrogens with one attached hydrogen (secondary N) is 1. The summed E-state index contributed by atoms with van der Waals surface area (Å²) in [6.07, 6.45) is 3.03. The highest BCUT2D eigenvalue weighted by Crippen LogP contribution is 2.39. The van der Waals surface area contributed by atoms with Crippen LogP contribution in [0.2, 0.25) is 0 Å². The number of hydrogen-bond acceptors (Lipinski definition) is 2. The van der Waals surface area contributed by atoms with E-state index in [1.165, 1.54) is 25.3 Å². The summed E-state index contributed by atoms with van der Waals surface area (Å²) < 4.78 is 13.4. The van der Waals surface area contributed by atoms with E-state index in [2.05, 4.69) is 12.2 Å². The average Bonchev–Trinajstić information content (AvgIpc) is 2.27. The third kappa shape index (κ3) is 3.05. The zero-order chi connectivity index (χ0) is 12.3. The van der Waals surface area contributed by atoms with Gasteiger partial charge in [-0.2, -0.15) is 0 Å². The van der Waals surface area contributed by atoms with Gasteiger partial charge < -0.3 is 10.4 Å². The number of hydrogen-bond donors (Lipinski definition) is 2. The van der Waals surface area contributed by atoms with Gasteiger partial charge >= 0.3 is 0 Å². The molecule has 1 saturated carbocycles. The lowest BCUT2D eigenvalue weighted by atomic mass is 9.70. The first kappa shape index (κ1) is 12.5. The van der Waals surface area contributed by atoms with Crippen LogP contribution in [0.15, 0.2) is 24.3 Å². The summed E-state index contributed by atoms with van der Waals surface area (Å²) in [6, 6.07) is 6.39. The third-order valence-corrected chi connectivity index (χ3v) is 3.71. The molecule has 94 valence electrons. The van der Waals surface area contributed by atoms with Crippen molar-refractivity contribution in [3.63, 3.8) is 0 Å². The van der Waals surface area contributed by atoms with Gasteiger partial charge in [0.2, 0.25) is 0 Å². The van der Waals surface area contributed by atoms with Crippen LogP contribution in [0.3, 0.4) is 0 Å². The minimum absolute atomic E-state index is 0.336. The molecule has 17 heavy (non-hydrogen) atoms. The van der Waals surface area contributed by atoms with Crippen molar-refractivity contribution < 1.29 is 9.50 Å². The van der Waals surface area contributed by atoms with Gasteiger partial charge in [-0.05, 0) is 24.3 Å². The molecule has 2 nitrogen and oxygen atoms in total. The number of aliphatic hydroxyl groups excluding tert-OH is 1. The van der Waals surface area contributed by atoms with Crippen LogP contribution >= 0.6 is 0 Å². The Morgan fingerprint density at radius 1 is 1.41 bits per heavy atom. The predicted molar refractivity (Wildman–Crippen MR) is 66.2 cm³/mol. The molecule has 1 aromatic rings. The van der Waals surface area contributed by atoms with Crippen molar-refractivity contribution in [3.05, 3.63) is 35.6 Å². The molecule has 2 rings (SSSR count). The summed E-state index contributed by atoms with van der Waals surface area (Å²) >= 11 is 0. The normalized spacial score (nSPS) is 19.7. The fraction of sp³-hybridized carbons (Fsp3) is 0.571. The van der Waals surface area contributed by atoms with Gasteiger partial charge in [0.05, 0.1) is 6.10 Å². The lowest BCUT2D eigenvalue weighted by Gasteiger charge is -2.38. The van der Waals surface area contributed by atoms with Gasteiger partial charge in [-0.1, -0.05) is 31.5 Å². The fourth-order valence-electron chi connectivity index (χ4n) is 2.32. The van der Waals surface area contributed by atoms with Crippen LogP contribution < -0.4 is 5.32 Å². The molecule has 0 spiro atoms. The molecule has 0 heterocycles. The summed E-state index contributed by atoms with van der Waals surface area (Å²) in [5, 5.41) is 13.1.